The molecule has 0 radical (unpaired) electrons. The lowest BCUT2D eigenvalue weighted by molar-refractivity contribution is -0.121. The molecule has 2 atom stereocenters. The minimum absolute atomic E-state index is 0.0898. The van der Waals surface area contributed by atoms with Crippen LogP contribution in [0.1, 0.15) is 19.3 Å². The summed E-state index contributed by atoms with van der Waals surface area (Å²) in [6.45, 7) is 4.99. The predicted octanol–water partition coefficient (Wildman–Crippen LogP) is 0.987. The van der Waals surface area contributed by atoms with Crippen LogP contribution >= 0.6 is 0 Å². The largest absolute Gasteiger partial charge is 0.492 e. The highest BCUT2D eigenvalue weighted by molar-refractivity contribution is 5.77. The molecular weight excluding hydrogens is 424 g/mol. The van der Waals surface area contributed by atoms with Crippen LogP contribution in [0.15, 0.2) is 30.5 Å². The molecule has 174 valence electrons. The molecule has 1 aliphatic heterocycles. The number of carbonyl (C=O) groups excluding carboxylic acids is 1. The van der Waals surface area contributed by atoms with Crippen LogP contribution in [-0.4, -0.2) is 81.3 Å². The molecule has 0 unspecified atom stereocenters. The maximum absolute atomic E-state index is 11.4. The summed E-state index contributed by atoms with van der Waals surface area (Å²) in [6.07, 6.45) is 3.99. The maximum Gasteiger partial charge on any atom is 0.225 e. The second-order valence-electron chi connectivity index (χ2n) is 8.45. The zero-order valence-electron chi connectivity index (χ0n) is 18.4. The Bertz CT molecular complexity index is 1100. The summed E-state index contributed by atoms with van der Waals surface area (Å²) in [5.41, 5.74) is 7.48. The van der Waals surface area contributed by atoms with Gasteiger partial charge in [-0.15, -0.1) is 5.10 Å². The second kappa shape index (κ2) is 9.67. The summed E-state index contributed by atoms with van der Waals surface area (Å²) in [6, 6.07) is 7.83. The van der Waals surface area contributed by atoms with Crippen LogP contribution in [0.5, 0.6) is 5.75 Å². The molecule has 11 nitrogen and oxygen atoms in total. The molecule has 2 aliphatic rings. The molecule has 0 bridgehead atoms. The molecule has 1 saturated carbocycles. The van der Waals surface area contributed by atoms with Crippen molar-refractivity contribution in [2.24, 2.45) is 11.7 Å². The molecule has 1 amide bonds. The Morgan fingerprint density at radius 2 is 2.03 bits per heavy atom. The number of nitrogens with zero attached hydrogens (tertiary/aromatic N) is 6. The van der Waals surface area contributed by atoms with E-state index in [2.05, 4.69) is 30.5 Å². The van der Waals surface area contributed by atoms with E-state index in [1.807, 2.05) is 24.3 Å². The molecule has 1 saturated heterocycles. The van der Waals surface area contributed by atoms with E-state index in [-0.39, 0.29) is 17.9 Å². The summed E-state index contributed by atoms with van der Waals surface area (Å²) >= 11 is 0. The van der Waals surface area contributed by atoms with Crippen LogP contribution in [0, 0.1) is 5.92 Å². The number of anilines is 1. The first-order chi connectivity index (χ1) is 16.2. The summed E-state index contributed by atoms with van der Waals surface area (Å²) < 4.78 is 12.9. The zero-order chi connectivity index (χ0) is 22.6. The highest BCUT2D eigenvalue weighted by Gasteiger charge is 2.29. The van der Waals surface area contributed by atoms with Crippen molar-refractivity contribution in [1.82, 2.24) is 29.9 Å². The molecule has 0 spiro atoms. The van der Waals surface area contributed by atoms with Crippen LogP contribution in [-0.2, 0) is 9.53 Å². The van der Waals surface area contributed by atoms with E-state index < -0.39 is 0 Å². The number of carbonyl (C=O) groups is 1. The van der Waals surface area contributed by atoms with Crippen LogP contribution in [0.3, 0.4) is 0 Å². The van der Waals surface area contributed by atoms with Crippen LogP contribution in [0.25, 0.3) is 16.9 Å². The van der Waals surface area contributed by atoms with Gasteiger partial charge in [-0.3, -0.25) is 9.69 Å². The number of hydrogen-bond donors (Lipinski definition) is 2. The van der Waals surface area contributed by atoms with Gasteiger partial charge in [0, 0.05) is 31.6 Å². The molecule has 2 aromatic heterocycles. The first-order valence-electron chi connectivity index (χ1n) is 11.3. The minimum Gasteiger partial charge on any atom is -0.492 e. The quantitative estimate of drug-likeness (QED) is 0.513. The Balaban J connectivity index is 1.23. The van der Waals surface area contributed by atoms with Crippen molar-refractivity contribution < 1.29 is 14.3 Å². The van der Waals surface area contributed by atoms with Gasteiger partial charge in [0.2, 0.25) is 11.9 Å². The summed E-state index contributed by atoms with van der Waals surface area (Å²) in [5.74, 6) is 0.961. The maximum atomic E-state index is 11.4. The van der Waals surface area contributed by atoms with Crippen molar-refractivity contribution in [3.05, 3.63) is 30.5 Å². The molecule has 3 N–H and O–H groups in total. The Morgan fingerprint density at radius 1 is 1.21 bits per heavy atom. The molecule has 1 aromatic carbocycles. The third-order valence-electron chi connectivity index (χ3n) is 6.22. The lowest BCUT2D eigenvalue weighted by atomic mass is 10.1. The Morgan fingerprint density at radius 3 is 2.79 bits per heavy atom. The Labute approximate surface area is 191 Å². The van der Waals surface area contributed by atoms with Crippen LogP contribution in [0.4, 0.5) is 5.95 Å². The topological polar surface area (TPSA) is 133 Å². The number of morpholine rings is 1. The number of nitrogens with one attached hydrogen (secondary N) is 1. The fourth-order valence-electron chi connectivity index (χ4n) is 4.33. The predicted molar refractivity (Wildman–Crippen MR) is 121 cm³/mol. The van der Waals surface area contributed by atoms with Gasteiger partial charge in [0.25, 0.3) is 0 Å². The third kappa shape index (κ3) is 5.04. The molecule has 3 heterocycles. The second-order valence-corrected chi connectivity index (χ2v) is 8.45. The summed E-state index contributed by atoms with van der Waals surface area (Å²) in [4.78, 5) is 22.7. The number of ether oxygens (including phenoxy) is 2. The molecule has 33 heavy (non-hydrogen) atoms. The normalized spacial score (nSPS) is 21.3. The molecule has 5 rings (SSSR count). The van der Waals surface area contributed by atoms with Crippen molar-refractivity contribution in [3.8, 4) is 11.4 Å². The van der Waals surface area contributed by atoms with Crippen molar-refractivity contribution in [2.75, 3.05) is 44.8 Å². The van der Waals surface area contributed by atoms with Gasteiger partial charge in [0.1, 0.15) is 12.4 Å². The average molecular weight is 453 g/mol. The Kier molecular flexibility index (Phi) is 6.31. The van der Waals surface area contributed by atoms with Gasteiger partial charge in [-0.1, -0.05) is 5.21 Å². The van der Waals surface area contributed by atoms with E-state index in [9.17, 15) is 4.79 Å². The van der Waals surface area contributed by atoms with Gasteiger partial charge in [-0.05, 0) is 43.5 Å². The van der Waals surface area contributed by atoms with Gasteiger partial charge < -0.3 is 20.5 Å². The fourth-order valence-corrected chi connectivity index (χ4v) is 4.33. The number of nitrogens with two attached hydrogens (primary N) is 1. The van der Waals surface area contributed by atoms with Crippen molar-refractivity contribution in [3.63, 3.8) is 0 Å². The highest BCUT2D eigenvalue weighted by atomic mass is 16.5. The summed E-state index contributed by atoms with van der Waals surface area (Å²) in [5, 5.41) is 11.7. The number of amides is 1. The minimum atomic E-state index is -0.244. The average Bonchev–Trinajstić information content (AvgIpc) is 3.48. The lowest BCUT2D eigenvalue weighted by Crippen LogP contribution is -2.38. The van der Waals surface area contributed by atoms with E-state index in [1.165, 1.54) is 0 Å². The van der Waals surface area contributed by atoms with E-state index in [0.717, 1.165) is 57.1 Å². The van der Waals surface area contributed by atoms with E-state index in [4.69, 9.17) is 15.2 Å². The summed E-state index contributed by atoms with van der Waals surface area (Å²) in [7, 11) is 0. The zero-order valence-corrected chi connectivity index (χ0v) is 18.4. The molecule has 1 aliphatic carbocycles. The fraction of sp³-hybridized carbons (Fsp3) is 0.500. The number of benzene rings is 1. The number of rotatable bonds is 8. The molecular formula is C22H28N8O3. The van der Waals surface area contributed by atoms with E-state index in [0.29, 0.717) is 30.1 Å². The smallest absolute Gasteiger partial charge is 0.225 e. The van der Waals surface area contributed by atoms with Crippen LogP contribution < -0.4 is 15.8 Å². The highest BCUT2D eigenvalue weighted by Crippen LogP contribution is 2.27. The van der Waals surface area contributed by atoms with Crippen molar-refractivity contribution in [1.29, 1.82) is 0 Å². The first kappa shape index (κ1) is 21.5. The molecule has 2 fully saturated rings. The number of aromatic nitrogens is 5. The van der Waals surface area contributed by atoms with Gasteiger partial charge in [-0.2, -0.15) is 9.67 Å². The number of fused-ring (bicyclic) bond motifs is 1. The monoisotopic (exact) mass is 452 g/mol. The molecule has 3 aromatic rings. The van der Waals surface area contributed by atoms with Gasteiger partial charge >= 0.3 is 0 Å². The van der Waals surface area contributed by atoms with Crippen LogP contribution in [0.2, 0.25) is 0 Å². The van der Waals surface area contributed by atoms with Crippen molar-refractivity contribution in [2.45, 2.75) is 25.3 Å². The molecule has 11 heteroatoms. The lowest BCUT2D eigenvalue weighted by Gasteiger charge is -2.26. The SMILES string of the molecule is NC(=O)[C@@H]1CC[C@@H](Nc2ncc3nnn(-c4ccc(OCCN5CCOCC5)cc4)c3n2)C1. The van der Waals surface area contributed by atoms with Gasteiger partial charge in [0.15, 0.2) is 11.2 Å². The Hall–Kier alpha value is -3.31. The first-order valence-corrected chi connectivity index (χ1v) is 11.3. The number of hydrogen-bond acceptors (Lipinski definition) is 9. The van der Waals surface area contributed by atoms with Gasteiger partial charge in [0.05, 0.1) is 25.1 Å². The van der Waals surface area contributed by atoms with E-state index >= 15 is 0 Å². The van der Waals surface area contributed by atoms with E-state index in [1.54, 1.807) is 10.9 Å². The number of primary amides is 1. The van der Waals surface area contributed by atoms with Gasteiger partial charge in [-0.25, -0.2) is 4.98 Å². The third-order valence-corrected chi connectivity index (χ3v) is 6.22. The van der Waals surface area contributed by atoms with Crippen molar-refractivity contribution >= 4 is 23.0 Å². The standard InChI is InChI=1S/C22H28N8O3/c23-20(31)15-1-2-16(13-15)25-22-24-14-19-21(26-22)30(28-27-19)17-3-5-18(6-4-17)33-12-9-29-7-10-32-11-8-29/h3-6,14-16H,1-2,7-13H2,(H2,23,31)(H,24,25,26)/t15-,16-/m1/s1.